The summed E-state index contributed by atoms with van der Waals surface area (Å²) in [6.45, 7) is 6.11. The zero-order chi connectivity index (χ0) is 13.7. The van der Waals surface area contributed by atoms with E-state index in [9.17, 15) is 4.79 Å². The van der Waals surface area contributed by atoms with Crippen molar-refractivity contribution in [3.8, 4) is 0 Å². The molecule has 2 unspecified atom stereocenters. The number of carboxylic acids is 1. The fraction of sp³-hybridized carbons (Fsp3) is 0.933. The third kappa shape index (κ3) is 5.49. The quantitative estimate of drug-likeness (QED) is 0.706. The standard InChI is InChI=1S/C15H28N2O2/c1-2-6-16-14-9-13(8-12-3-4-12)10-17(11-14)7-5-15(18)19/h12-14,16H,2-11H2,1H3,(H,18,19). The van der Waals surface area contributed by atoms with E-state index in [1.165, 1.54) is 32.1 Å². The van der Waals surface area contributed by atoms with Gasteiger partial charge in [-0.15, -0.1) is 0 Å². The van der Waals surface area contributed by atoms with Crippen molar-refractivity contribution in [3.63, 3.8) is 0 Å². The zero-order valence-corrected chi connectivity index (χ0v) is 12.1. The SMILES string of the molecule is CCCNC1CC(CC2CC2)CN(CCC(=O)O)C1. The molecule has 1 aliphatic carbocycles. The van der Waals surface area contributed by atoms with Gasteiger partial charge in [0.1, 0.15) is 0 Å². The molecule has 4 nitrogen and oxygen atoms in total. The molecule has 2 aliphatic rings. The highest BCUT2D eigenvalue weighted by molar-refractivity contribution is 5.66. The van der Waals surface area contributed by atoms with E-state index in [2.05, 4.69) is 17.1 Å². The maximum Gasteiger partial charge on any atom is 0.304 e. The molecule has 2 rings (SSSR count). The van der Waals surface area contributed by atoms with Gasteiger partial charge in [-0.2, -0.15) is 0 Å². The molecule has 0 aromatic heterocycles. The summed E-state index contributed by atoms with van der Waals surface area (Å²) in [5, 5.41) is 12.5. The number of likely N-dealkylation sites (tertiary alicyclic amines) is 1. The Morgan fingerprint density at radius 1 is 1.32 bits per heavy atom. The van der Waals surface area contributed by atoms with E-state index in [1.54, 1.807) is 0 Å². The molecule has 19 heavy (non-hydrogen) atoms. The summed E-state index contributed by atoms with van der Waals surface area (Å²) in [5.74, 6) is 1.06. The van der Waals surface area contributed by atoms with Crippen LogP contribution in [0, 0.1) is 11.8 Å². The minimum atomic E-state index is -0.678. The van der Waals surface area contributed by atoms with Gasteiger partial charge in [0.25, 0.3) is 0 Å². The van der Waals surface area contributed by atoms with Crippen LogP contribution in [0.5, 0.6) is 0 Å². The maximum atomic E-state index is 10.7. The molecule has 0 aromatic rings. The second kappa shape index (κ2) is 7.25. The minimum Gasteiger partial charge on any atom is -0.481 e. The highest BCUT2D eigenvalue weighted by atomic mass is 16.4. The molecule has 0 radical (unpaired) electrons. The number of carbonyl (C=O) groups is 1. The smallest absolute Gasteiger partial charge is 0.304 e. The van der Waals surface area contributed by atoms with Crippen LogP contribution in [0.3, 0.4) is 0 Å². The first kappa shape index (κ1) is 14.8. The highest BCUT2D eigenvalue weighted by Gasteiger charge is 2.31. The molecular weight excluding hydrogens is 240 g/mol. The van der Waals surface area contributed by atoms with Crippen LogP contribution in [0.15, 0.2) is 0 Å². The Hall–Kier alpha value is -0.610. The Kier molecular flexibility index (Phi) is 5.64. The predicted molar refractivity (Wildman–Crippen MR) is 76.2 cm³/mol. The molecule has 4 heteroatoms. The molecule has 1 saturated heterocycles. The second-order valence-corrected chi connectivity index (χ2v) is 6.34. The van der Waals surface area contributed by atoms with Gasteiger partial charge in [0, 0.05) is 25.7 Å². The van der Waals surface area contributed by atoms with Crippen molar-refractivity contribution in [2.24, 2.45) is 11.8 Å². The van der Waals surface area contributed by atoms with Gasteiger partial charge in [0.15, 0.2) is 0 Å². The zero-order valence-electron chi connectivity index (χ0n) is 12.1. The van der Waals surface area contributed by atoms with Crippen LogP contribution in [0.1, 0.15) is 45.4 Å². The van der Waals surface area contributed by atoms with Crippen molar-refractivity contribution >= 4 is 5.97 Å². The molecule has 1 saturated carbocycles. The topological polar surface area (TPSA) is 52.6 Å². The van der Waals surface area contributed by atoms with Crippen molar-refractivity contribution in [2.75, 3.05) is 26.2 Å². The first-order valence-corrected chi connectivity index (χ1v) is 7.85. The number of carboxylic acid groups (broad SMARTS) is 1. The Balaban J connectivity index is 1.80. The van der Waals surface area contributed by atoms with E-state index >= 15 is 0 Å². The summed E-state index contributed by atoms with van der Waals surface area (Å²) in [5.41, 5.74) is 0. The molecule has 1 heterocycles. The summed E-state index contributed by atoms with van der Waals surface area (Å²) in [6.07, 6.45) is 6.90. The fourth-order valence-electron chi connectivity index (χ4n) is 3.23. The van der Waals surface area contributed by atoms with Crippen LogP contribution in [0.2, 0.25) is 0 Å². The van der Waals surface area contributed by atoms with Gasteiger partial charge in [-0.05, 0) is 37.6 Å². The van der Waals surface area contributed by atoms with Gasteiger partial charge in [-0.1, -0.05) is 19.8 Å². The average molecular weight is 268 g/mol. The predicted octanol–water partition coefficient (Wildman–Crippen LogP) is 1.95. The Morgan fingerprint density at radius 3 is 2.74 bits per heavy atom. The van der Waals surface area contributed by atoms with E-state index < -0.39 is 5.97 Å². The van der Waals surface area contributed by atoms with Crippen LogP contribution in [-0.4, -0.2) is 48.2 Å². The second-order valence-electron chi connectivity index (χ2n) is 6.34. The van der Waals surface area contributed by atoms with Crippen LogP contribution >= 0.6 is 0 Å². The van der Waals surface area contributed by atoms with Gasteiger partial charge in [-0.3, -0.25) is 4.79 Å². The molecule has 0 amide bonds. The number of piperidine rings is 1. The van der Waals surface area contributed by atoms with Crippen molar-refractivity contribution in [1.29, 1.82) is 0 Å². The largest absolute Gasteiger partial charge is 0.481 e. The Labute approximate surface area is 116 Å². The van der Waals surface area contributed by atoms with E-state index in [-0.39, 0.29) is 6.42 Å². The van der Waals surface area contributed by atoms with E-state index in [4.69, 9.17) is 5.11 Å². The van der Waals surface area contributed by atoms with Crippen molar-refractivity contribution < 1.29 is 9.90 Å². The van der Waals surface area contributed by atoms with E-state index in [0.29, 0.717) is 12.6 Å². The normalized spacial score (nSPS) is 28.5. The summed E-state index contributed by atoms with van der Waals surface area (Å²) in [6, 6.07) is 0.561. The molecule has 110 valence electrons. The molecule has 2 N–H and O–H groups in total. The van der Waals surface area contributed by atoms with Crippen LogP contribution in [-0.2, 0) is 4.79 Å². The fourth-order valence-corrected chi connectivity index (χ4v) is 3.23. The molecular formula is C15H28N2O2. The van der Waals surface area contributed by atoms with Gasteiger partial charge in [0.05, 0.1) is 6.42 Å². The van der Waals surface area contributed by atoms with Gasteiger partial charge in [0.2, 0.25) is 0 Å². The first-order valence-electron chi connectivity index (χ1n) is 7.85. The summed E-state index contributed by atoms with van der Waals surface area (Å²) >= 11 is 0. The van der Waals surface area contributed by atoms with E-state index in [1.807, 2.05) is 0 Å². The molecule has 2 atom stereocenters. The van der Waals surface area contributed by atoms with Crippen LogP contribution in [0.4, 0.5) is 0 Å². The number of hydrogen-bond donors (Lipinski definition) is 2. The number of nitrogens with one attached hydrogen (secondary N) is 1. The molecule has 1 aliphatic heterocycles. The summed E-state index contributed by atoms with van der Waals surface area (Å²) < 4.78 is 0. The third-order valence-electron chi connectivity index (χ3n) is 4.30. The maximum absolute atomic E-state index is 10.7. The van der Waals surface area contributed by atoms with Crippen LogP contribution in [0.25, 0.3) is 0 Å². The average Bonchev–Trinajstić information content (AvgIpc) is 3.17. The lowest BCUT2D eigenvalue weighted by molar-refractivity contribution is -0.137. The highest BCUT2D eigenvalue weighted by Crippen LogP contribution is 2.37. The number of rotatable bonds is 8. The summed E-state index contributed by atoms with van der Waals surface area (Å²) in [4.78, 5) is 13.1. The summed E-state index contributed by atoms with van der Waals surface area (Å²) in [7, 11) is 0. The lowest BCUT2D eigenvalue weighted by Crippen LogP contribution is -2.49. The van der Waals surface area contributed by atoms with Crippen molar-refractivity contribution in [3.05, 3.63) is 0 Å². The van der Waals surface area contributed by atoms with Crippen LogP contribution < -0.4 is 5.32 Å². The van der Waals surface area contributed by atoms with Gasteiger partial charge in [-0.25, -0.2) is 0 Å². The molecule has 0 aromatic carbocycles. The minimum absolute atomic E-state index is 0.274. The van der Waals surface area contributed by atoms with E-state index in [0.717, 1.165) is 31.5 Å². The monoisotopic (exact) mass is 268 g/mol. The van der Waals surface area contributed by atoms with Crippen molar-refractivity contribution in [2.45, 2.75) is 51.5 Å². The lowest BCUT2D eigenvalue weighted by atomic mass is 9.89. The van der Waals surface area contributed by atoms with Gasteiger partial charge < -0.3 is 15.3 Å². The molecule has 2 fully saturated rings. The lowest BCUT2D eigenvalue weighted by Gasteiger charge is -2.38. The Bertz CT molecular complexity index is 292. The molecule has 0 bridgehead atoms. The molecule has 0 spiro atoms. The van der Waals surface area contributed by atoms with Gasteiger partial charge >= 0.3 is 5.97 Å². The van der Waals surface area contributed by atoms with Crippen molar-refractivity contribution in [1.82, 2.24) is 10.2 Å². The number of nitrogens with zero attached hydrogens (tertiary/aromatic N) is 1. The Morgan fingerprint density at radius 2 is 2.11 bits per heavy atom. The third-order valence-corrected chi connectivity index (χ3v) is 4.30. The first-order chi connectivity index (χ1) is 9.17. The number of hydrogen-bond acceptors (Lipinski definition) is 3. The number of aliphatic carboxylic acids is 1.